The zero-order valence-corrected chi connectivity index (χ0v) is 7.10. The third-order valence-electron chi connectivity index (χ3n) is 2.33. The van der Waals surface area contributed by atoms with Crippen LogP contribution in [0.5, 0.6) is 0 Å². The smallest absolute Gasteiger partial charge is 0.000754 e. The number of hydrogen-bond donors (Lipinski definition) is 2. The van der Waals surface area contributed by atoms with Crippen LogP contribution in [0.4, 0.5) is 0 Å². The van der Waals surface area contributed by atoms with Gasteiger partial charge in [-0.05, 0) is 44.7 Å². The molecule has 0 aromatic rings. The van der Waals surface area contributed by atoms with Crippen molar-refractivity contribution in [2.75, 3.05) is 13.1 Å². The minimum absolute atomic E-state index is 0.837. The van der Waals surface area contributed by atoms with Gasteiger partial charge in [0.25, 0.3) is 0 Å². The van der Waals surface area contributed by atoms with Gasteiger partial charge < -0.3 is 11.1 Å². The fourth-order valence-corrected chi connectivity index (χ4v) is 1.56. The van der Waals surface area contributed by atoms with Crippen LogP contribution < -0.4 is 11.1 Å². The number of allylic oxidation sites excluding steroid dienone is 1. The van der Waals surface area contributed by atoms with E-state index < -0.39 is 0 Å². The van der Waals surface area contributed by atoms with Crippen LogP contribution in [0.1, 0.15) is 25.7 Å². The van der Waals surface area contributed by atoms with E-state index in [1.165, 1.54) is 32.4 Å². The summed E-state index contributed by atoms with van der Waals surface area (Å²) in [4.78, 5) is 0. The molecular weight excluding hydrogens is 136 g/mol. The summed E-state index contributed by atoms with van der Waals surface area (Å²) in [6.07, 6.45) is 4.86. The van der Waals surface area contributed by atoms with Crippen molar-refractivity contribution in [2.24, 2.45) is 11.7 Å². The molecule has 0 atom stereocenters. The summed E-state index contributed by atoms with van der Waals surface area (Å²) in [6.45, 7) is 6.07. The topological polar surface area (TPSA) is 38.0 Å². The summed E-state index contributed by atoms with van der Waals surface area (Å²) in [5.41, 5.74) is 6.34. The Morgan fingerprint density at radius 1 is 1.45 bits per heavy atom. The lowest BCUT2D eigenvalue weighted by molar-refractivity contribution is 0.354. The van der Waals surface area contributed by atoms with Crippen molar-refractivity contribution in [3.05, 3.63) is 12.3 Å². The van der Waals surface area contributed by atoms with Crippen LogP contribution in [0.25, 0.3) is 0 Å². The molecule has 0 aromatic heterocycles. The average molecular weight is 154 g/mol. The molecule has 0 spiro atoms. The van der Waals surface area contributed by atoms with Gasteiger partial charge in [-0.15, -0.1) is 0 Å². The lowest BCUT2D eigenvalue weighted by Crippen LogP contribution is -2.27. The first-order valence-corrected chi connectivity index (χ1v) is 4.43. The molecule has 0 saturated carbocycles. The fraction of sp³-hybridized carbons (Fsp3) is 0.778. The molecule has 0 radical (unpaired) electrons. The van der Waals surface area contributed by atoms with Crippen LogP contribution in [-0.2, 0) is 0 Å². The van der Waals surface area contributed by atoms with Gasteiger partial charge in [-0.1, -0.05) is 6.58 Å². The molecule has 2 nitrogen and oxygen atoms in total. The lowest BCUT2D eigenvalue weighted by atomic mass is 9.93. The van der Waals surface area contributed by atoms with Gasteiger partial charge in [0.05, 0.1) is 0 Å². The largest absolute Gasteiger partial charge is 0.403 e. The average Bonchev–Trinajstić information content (AvgIpc) is 2.03. The zero-order chi connectivity index (χ0) is 8.10. The van der Waals surface area contributed by atoms with Crippen LogP contribution in [0.3, 0.4) is 0 Å². The van der Waals surface area contributed by atoms with Gasteiger partial charge in [0.15, 0.2) is 0 Å². The molecule has 1 saturated heterocycles. The van der Waals surface area contributed by atoms with Gasteiger partial charge in [0, 0.05) is 5.70 Å². The number of nitrogens with two attached hydrogens (primary N) is 1. The molecule has 0 unspecified atom stereocenters. The molecule has 64 valence electrons. The molecule has 1 rings (SSSR count). The van der Waals surface area contributed by atoms with Crippen molar-refractivity contribution < 1.29 is 0 Å². The highest BCUT2D eigenvalue weighted by atomic mass is 14.9. The summed E-state index contributed by atoms with van der Waals surface area (Å²) in [5.74, 6) is 0.886. The highest BCUT2D eigenvalue weighted by molar-refractivity contribution is 4.86. The molecule has 1 heterocycles. The quantitative estimate of drug-likeness (QED) is 0.642. The second-order valence-electron chi connectivity index (χ2n) is 3.39. The Morgan fingerprint density at radius 3 is 2.64 bits per heavy atom. The maximum absolute atomic E-state index is 5.50. The first-order chi connectivity index (χ1) is 5.29. The number of hydrogen-bond acceptors (Lipinski definition) is 2. The van der Waals surface area contributed by atoms with Crippen molar-refractivity contribution in [1.82, 2.24) is 5.32 Å². The second-order valence-corrected chi connectivity index (χ2v) is 3.39. The van der Waals surface area contributed by atoms with E-state index in [0.29, 0.717) is 0 Å². The molecule has 1 fully saturated rings. The number of nitrogens with one attached hydrogen (secondary N) is 1. The van der Waals surface area contributed by atoms with Crippen LogP contribution in [0, 0.1) is 5.92 Å². The SMILES string of the molecule is C=C(N)CCC1CCNCC1. The molecule has 0 bridgehead atoms. The monoisotopic (exact) mass is 154 g/mol. The number of rotatable bonds is 3. The Hall–Kier alpha value is -0.500. The molecule has 3 N–H and O–H groups in total. The highest BCUT2D eigenvalue weighted by Crippen LogP contribution is 2.18. The van der Waals surface area contributed by atoms with E-state index >= 15 is 0 Å². The predicted molar refractivity (Wildman–Crippen MR) is 48.2 cm³/mol. The highest BCUT2D eigenvalue weighted by Gasteiger charge is 2.11. The Labute approximate surface area is 68.9 Å². The maximum atomic E-state index is 5.50. The third-order valence-corrected chi connectivity index (χ3v) is 2.33. The Bertz CT molecular complexity index is 126. The van der Waals surface area contributed by atoms with E-state index in [9.17, 15) is 0 Å². The Morgan fingerprint density at radius 2 is 2.09 bits per heavy atom. The first kappa shape index (κ1) is 8.60. The molecule has 11 heavy (non-hydrogen) atoms. The summed E-state index contributed by atoms with van der Waals surface area (Å²) >= 11 is 0. The van der Waals surface area contributed by atoms with Crippen LogP contribution in [0.2, 0.25) is 0 Å². The van der Waals surface area contributed by atoms with Gasteiger partial charge in [-0.25, -0.2) is 0 Å². The van der Waals surface area contributed by atoms with E-state index in [1.807, 2.05) is 0 Å². The number of piperidine rings is 1. The van der Waals surface area contributed by atoms with Gasteiger partial charge >= 0.3 is 0 Å². The summed E-state index contributed by atoms with van der Waals surface area (Å²) in [6, 6.07) is 0. The molecular formula is C9H18N2. The van der Waals surface area contributed by atoms with E-state index in [0.717, 1.165) is 18.0 Å². The Kier molecular flexibility index (Phi) is 3.43. The molecule has 0 amide bonds. The van der Waals surface area contributed by atoms with Crippen LogP contribution in [-0.4, -0.2) is 13.1 Å². The zero-order valence-electron chi connectivity index (χ0n) is 7.10. The van der Waals surface area contributed by atoms with E-state index in [-0.39, 0.29) is 0 Å². The van der Waals surface area contributed by atoms with Crippen molar-refractivity contribution in [3.63, 3.8) is 0 Å². The Balaban J connectivity index is 2.09. The summed E-state index contributed by atoms with van der Waals surface area (Å²) in [5, 5.41) is 3.35. The first-order valence-electron chi connectivity index (χ1n) is 4.43. The summed E-state index contributed by atoms with van der Waals surface area (Å²) < 4.78 is 0. The minimum Gasteiger partial charge on any atom is -0.403 e. The van der Waals surface area contributed by atoms with Gasteiger partial charge in [-0.3, -0.25) is 0 Å². The van der Waals surface area contributed by atoms with Gasteiger partial charge in [0.1, 0.15) is 0 Å². The minimum atomic E-state index is 0.837. The van der Waals surface area contributed by atoms with Crippen LogP contribution in [0.15, 0.2) is 12.3 Å². The van der Waals surface area contributed by atoms with Gasteiger partial charge in [-0.2, -0.15) is 0 Å². The fourth-order valence-electron chi connectivity index (χ4n) is 1.56. The molecule has 0 aliphatic carbocycles. The predicted octanol–water partition coefficient (Wildman–Crippen LogP) is 1.24. The summed E-state index contributed by atoms with van der Waals surface area (Å²) in [7, 11) is 0. The van der Waals surface area contributed by atoms with E-state index in [4.69, 9.17) is 5.73 Å². The van der Waals surface area contributed by atoms with E-state index in [1.54, 1.807) is 0 Å². The molecule has 0 aromatic carbocycles. The molecule has 1 aliphatic heterocycles. The maximum Gasteiger partial charge on any atom is 0.000754 e. The molecule has 1 aliphatic rings. The van der Waals surface area contributed by atoms with Crippen molar-refractivity contribution in [3.8, 4) is 0 Å². The van der Waals surface area contributed by atoms with E-state index in [2.05, 4.69) is 11.9 Å². The third kappa shape index (κ3) is 3.42. The van der Waals surface area contributed by atoms with Crippen molar-refractivity contribution in [2.45, 2.75) is 25.7 Å². The molecule has 2 heteroatoms. The van der Waals surface area contributed by atoms with Crippen molar-refractivity contribution >= 4 is 0 Å². The van der Waals surface area contributed by atoms with Crippen LogP contribution >= 0.6 is 0 Å². The lowest BCUT2D eigenvalue weighted by Gasteiger charge is -2.22. The van der Waals surface area contributed by atoms with Gasteiger partial charge in [0.2, 0.25) is 0 Å². The van der Waals surface area contributed by atoms with Crippen molar-refractivity contribution in [1.29, 1.82) is 0 Å². The second kappa shape index (κ2) is 4.39. The standard InChI is InChI=1S/C9H18N2/c1-8(10)2-3-9-4-6-11-7-5-9/h9,11H,1-7,10H2. The normalized spacial score (nSPS) is 20.0.